The van der Waals surface area contributed by atoms with Crippen LogP contribution in [0.25, 0.3) is 10.2 Å². The fraction of sp³-hybridized carbons (Fsp3) is 0.320. The zero-order valence-corrected chi connectivity index (χ0v) is 21.0. The molecule has 3 heterocycles. The fourth-order valence-corrected chi connectivity index (χ4v) is 7.98. The SMILES string of the molecule is Cc1nc2cc(N=C3S/C(=C4\Sc5ccccc5N4C)C(=O)N3C3CCCCC3)ccc2s1. The van der Waals surface area contributed by atoms with Crippen LogP contribution in [0.2, 0.25) is 0 Å². The lowest BCUT2D eigenvalue weighted by atomic mass is 9.94. The minimum atomic E-state index is 0.0957. The summed E-state index contributed by atoms with van der Waals surface area (Å²) in [6, 6.07) is 14.7. The molecule has 1 amide bonds. The molecule has 0 N–H and O–H groups in total. The molecule has 2 aromatic carbocycles. The highest BCUT2D eigenvalue weighted by atomic mass is 32.2. The van der Waals surface area contributed by atoms with E-state index in [1.807, 2.05) is 37.1 Å². The Balaban J connectivity index is 1.42. The number of aliphatic imine (C=N–C) groups is 1. The van der Waals surface area contributed by atoms with Crippen molar-refractivity contribution in [2.75, 3.05) is 11.9 Å². The molecule has 1 aliphatic carbocycles. The third-order valence-corrected chi connectivity index (χ3v) is 9.75. The lowest BCUT2D eigenvalue weighted by Gasteiger charge is -2.30. The van der Waals surface area contributed by atoms with Crippen LogP contribution in [0.3, 0.4) is 0 Å². The van der Waals surface area contributed by atoms with Crippen LogP contribution in [0.4, 0.5) is 11.4 Å². The van der Waals surface area contributed by atoms with Gasteiger partial charge >= 0.3 is 0 Å². The first-order valence-electron chi connectivity index (χ1n) is 11.3. The van der Waals surface area contributed by atoms with Crippen molar-refractivity contribution in [1.82, 2.24) is 9.88 Å². The van der Waals surface area contributed by atoms with Crippen LogP contribution in [0.1, 0.15) is 37.1 Å². The van der Waals surface area contributed by atoms with Gasteiger partial charge in [0.05, 0.1) is 31.6 Å². The Hall–Kier alpha value is -2.29. The predicted molar refractivity (Wildman–Crippen MR) is 140 cm³/mol. The number of anilines is 1. The molecule has 0 unspecified atom stereocenters. The summed E-state index contributed by atoms with van der Waals surface area (Å²) in [6.45, 7) is 2.03. The van der Waals surface area contributed by atoms with Crippen molar-refractivity contribution in [2.45, 2.75) is 50.0 Å². The number of aromatic nitrogens is 1. The average Bonchev–Trinajstić information content (AvgIpc) is 3.46. The van der Waals surface area contributed by atoms with Crippen LogP contribution >= 0.6 is 34.9 Å². The quantitative estimate of drug-likeness (QED) is 0.364. The van der Waals surface area contributed by atoms with Crippen LogP contribution < -0.4 is 4.90 Å². The van der Waals surface area contributed by atoms with E-state index in [0.29, 0.717) is 0 Å². The topological polar surface area (TPSA) is 48.8 Å². The summed E-state index contributed by atoms with van der Waals surface area (Å²) in [5, 5.41) is 2.85. The van der Waals surface area contributed by atoms with E-state index in [9.17, 15) is 4.79 Å². The molecule has 1 aromatic heterocycles. The average molecular weight is 493 g/mol. The van der Waals surface area contributed by atoms with Crippen molar-refractivity contribution >= 4 is 67.5 Å². The second kappa shape index (κ2) is 8.49. The van der Waals surface area contributed by atoms with Gasteiger partial charge in [0.25, 0.3) is 5.91 Å². The number of nitrogens with zero attached hydrogens (tertiary/aromatic N) is 4. The lowest BCUT2D eigenvalue weighted by molar-refractivity contribution is -0.124. The molecule has 5 nitrogen and oxygen atoms in total. The summed E-state index contributed by atoms with van der Waals surface area (Å²) in [6.07, 6.45) is 5.67. The number of aryl methyl sites for hydroxylation is 1. The van der Waals surface area contributed by atoms with Crippen LogP contribution in [-0.2, 0) is 4.79 Å². The van der Waals surface area contributed by atoms with Crippen LogP contribution in [0.15, 0.2) is 62.3 Å². The Morgan fingerprint density at radius 1 is 1.06 bits per heavy atom. The van der Waals surface area contributed by atoms with Gasteiger partial charge in [-0.2, -0.15) is 0 Å². The van der Waals surface area contributed by atoms with E-state index >= 15 is 0 Å². The van der Waals surface area contributed by atoms with Crippen LogP contribution in [0.5, 0.6) is 0 Å². The van der Waals surface area contributed by atoms with Crippen molar-refractivity contribution in [3.63, 3.8) is 0 Å². The Kier molecular flexibility index (Phi) is 5.47. The van der Waals surface area contributed by atoms with E-state index in [1.54, 1.807) is 23.1 Å². The number of carbonyl (C=O) groups excluding carboxylic acids is 1. The minimum Gasteiger partial charge on any atom is -0.337 e. The highest BCUT2D eigenvalue weighted by Gasteiger charge is 2.42. The highest BCUT2D eigenvalue weighted by Crippen LogP contribution is 2.50. The molecule has 1 saturated carbocycles. The number of amidine groups is 1. The van der Waals surface area contributed by atoms with E-state index in [0.717, 1.165) is 49.8 Å². The fourth-order valence-electron chi connectivity index (χ4n) is 4.77. The Labute approximate surface area is 206 Å². The van der Waals surface area contributed by atoms with Crippen molar-refractivity contribution in [3.05, 3.63) is 57.4 Å². The number of para-hydroxylation sites is 1. The zero-order valence-electron chi connectivity index (χ0n) is 18.6. The normalized spacial score (nSPS) is 22.7. The first-order chi connectivity index (χ1) is 16.1. The molecule has 3 aromatic rings. The number of rotatable bonds is 2. The summed E-state index contributed by atoms with van der Waals surface area (Å²) in [5.74, 6) is 0.0957. The van der Waals surface area contributed by atoms with E-state index < -0.39 is 0 Å². The molecule has 3 aliphatic rings. The molecule has 2 fully saturated rings. The molecule has 6 rings (SSSR count). The Morgan fingerprint density at radius 2 is 1.88 bits per heavy atom. The van der Waals surface area contributed by atoms with Gasteiger partial charge in [-0.1, -0.05) is 43.2 Å². The third kappa shape index (κ3) is 3.78. The highest BCUT2D eigenvalue weighted by molar-refractivity contribution is 8.19. The van der Waals surface area contributed by atoms with Gasteiger partial charge in [-0.15, -0.1) is 11.3 Å². The lowest BCUT2D eigenvalue weighted by Crippen LogP contribution is -2.40. The number of thiazole rings is 1. The third-order valence-electron chi connectivity index (χ3n) is 6.39. The number of thioether (sulfide) groups is 2. The van der Waals surface area contributed by atoms with Crippen molar-refractivity contribution in [2.24, 2.45) is 4.99 Å². The van der Waals surface area contributed by atoms with Gasteiger partial charge in [0.15, 0.2) is 5.17 Å². The van der Waals surface area contributed by atoms with Crippen LogP contribution in [-0.4, -0.2) is 34.0 Å². The molecule has 8 heteroatoms. The van der Waals surface area contributed by atoms with Gasteiger partial charge in [-0.25, -0.2) is 9.98 Å². The molecule has 0 bridgehead atoms. The monoisotopic (exact) mass is 492 g/mol. The van der Waals surface area contributed by atoms with Gasteiger partial charge in [-0.3, -0.25) is 9.69 Å². The second-order valence-corrected chi connectivity index (χ2v) is 11.9. The molecular formula is C25H24N4OS3. The van der Waals surface area contributed by atoms with Crippen molar-refractivity contribution in [1.29, 1.82) is 0 Å². The summed E-state index contributed by atoms with van der Waals surface area (Å²) in [4.78, 5) is 29.6. The molecular weight excluding hydrogens is 469 g/mol. The maximum absolute atomic E-state index is 13.8. The van der Waals surface area contributed by atoms with Crippen LogP contribution in [0, 0.1) is 6.92 Å². The van der Waals surface area contributed by atoms with Gasteiger partial charge in [0, 0.05) is 18.0 Å². The molecule has 168 valence electrons. The molecule has 1 saturated heterocycles. The molecule has 0 spiro atoms. The molecule has 33 heavy (non-hydrogen) atoms. The number of benzene rings is 2. The summed E-state index contributed by atoms with van der Waals surface area (Å²) in [7, 11) is 2.05. The summed E-state index contributed by atoms with van der Waals surface area (Å²) < 4.78 is 1.17. The number of fused-ring (bicyclic) bond motifs is 2. The summed E-state index contributed by atoms with van der Waals surface area (Å²) >= 11 is 4.90. The zero-order chi connectivity index (χ0) is 22.5. The summed E-state index contributed by atoms with van der Waals surface area (Å²) in [5.41, 5.74) is 2.97. The maximum atomic E-state index is 13.8. The number of carbonyl (C=O) groups is 1. The van der Waals surface area contributed by atoms with E-state index in [4.69, 9.17) is 4.99 Å². The smallest absolute Gasteiger partial charge is 0.269 e. The number of amides is 1. The van der Waals surface area contributed by atoms with Crippen molar-refractivity contribution in [3.8, 4) is 0 Å². The molecule has 2 aliphatic heterocycles. The van der Waals surface area contributed by atoms with E-state index in [1.165, 1.54) is 40.6 Å². The van der Waals surface area contributed by atoms with Gasteiger partial charge < -0.3 is 4.90 Å². The van der Waals surface area contributed by atoms with Gasteiger partial charge in [0.2, 0.25) is 0 Å². The van der Waals surface area contributed by atoms with E-state index in [2.05, 4.69) is 34.1 Å². The number of hydrogen-bond donors (Lipinski definition) is 0. The van der Waals surface area contributed by atoms with E-state index in [-0.39, 0.29) is 11.9 Å². The largest absolute Gasteiger partial charge is 0.337 e. The minimum absolute atomic E-state index is 0.0957. The van der Waals surface area contributed by atoms with Crippen molar-refractivity contribution < 1.29 is 4.79 Å². The number of hydrogen-bond acceptors (Lipinski definition) is 7. The predicted octanol–water partition coefficient (Wildman–Crippen LogP) is 6.91. The second-order valence-electron chi connectivity index (χ2n) is 8.61. The van der Waals surface area contributed by atoms with Gasteiger partial charge in [0.1, 0.15) is 4.91 Å². The maximum Gasteiger partial charge on any atom is 0.269 e. The first-order valence-corrected chi connectivity index (χ1v) is 13.8. The molecule has 0 radical (unpaired) electrons. The first kappa shape index (κ1) is 21.3. The van der Waals surface area contributed by atoms with Gasteiger partial charge in [-0.05, 0) is 61.9 Å². The molecule has 0 atom stereocenters. The Bertz CT molecular complexity index is 1320. The Morgan fingerprint density at radius 3 is 2.70 bits per heavy atom. The standard InChI is InChI=1S/C25H24N4OS3/c1-15-26-18-14-16(12-13-20(18)31-15)27-25-29(17-8-4-3-5-9-17)23(30)22(33-25)24-28(2)19-10-6-7-11-21(19)32-24/h6-7,10-14,17H,3-5,8-9H2,1-2H3/b24-22-,27-25?.